The third-order valence-corrected chi connectivity index (χ3v) is 4.93. The van der Waals surface area contributed by atoms with E-state index in [9.17, 15) is 9.59 Å². The molecule has 0 aliphatic carbocycles. The number of nitrogens with one attached hydrogen (secondary N) is 1. The minimum atomic E-state index is -0.624. The second-order valence-electron chi connectivity index (χ2n) is 6.97. The molecular formula is C21H22N6O3. The van der Waals surface area contributed by atoms with Gasteiger partial charge in [-0.05, 0) is 34.2 Å². The van der Waals surface area contributed by atoms with Crippen LogP contribution in [0.2, 0.25) is 0 Å². The highest BCUT2D eigenvalue weighted by molar-refractivity contribution is 5.98. The number of aromatic nitrogens is 4. The van der Waals surface area contributed by atoms with E-state index in [2.05, 4.69) is 20.8 Å². The molecular weight excluding hydrogens is 384 g/mol. The maximum absolute atomic E-state index is 13.1. The number of hydrogen-bond donors (Lipinski definition) is 1. The van der Waals surface area contributed by atoms with E-state index in [-0.39, 0.29) is 11.8 Å². The molecule has 1 aliphatic heterocycles. The molecule has 154 valence electrons. The molecule has 0 saturated carbocycles. The lowest BCUT2D eigenvalue weighted by molar-refractivity contribution is -0.119. The summed E-state index contributed by atoms with van der Waals surface area (Å²) in [4.78, 5) is 27.5. The number of amides is 2. The number of carbonyl (C=O) groups is 2. The summed E-state index contributed by atoms with van der Waals surface area (Å²) >= 11 is 0. The Kier molecular flexibility index (Phi) is 6.09. The summed E-state index contributed by atoms with van der Waals surface area (Å²) < 4.78 is 6.74. The van der Waals surface area contributed by atoms with Gasteiger partial charge < -0.3 is 15.0 Å². The molecule has 1 fully saturated rings. The zero-order valence-corrected chi connectivity index (χ0v) is 16.3. The summed E-state index contributed by atoms with van der Waals surface area (Å²) in [5.74, 6) is -0.335. The van der Waals surface area contributed by atoms with Crippen molar-refractivity contribution in [3.8, 4) is 0 Å². The Hall–Kier alpha value is -3.59. The number of tetrazole rings is 1. The van der Waals surface area contributed by atoms with Crippen molar-refractivity contribution in [2.75, 3.05) is 31.6 Å². The third kappa shape index (κ3) is 4.69. The van der Waals surface area contributed by atoms with Crippen LogP contribution in [0.5, 0.6) is 0 Å². The van der Waals surface area contributed by atoms with Crippen LogP contribution < -0.4 is 5.32 Å². The first-order valence-electron chi connectivity index (χ1n) is 9.75. The fourth-order valence-corrected chi connectivity index (χ4v) is 3.36. The van der Waals surface area contributed by atoms with Crippen LogP contribution >= 0.6 is 0 Å². The van der Waals surface area contributed by atoms with Crippen LogP contribution in [0.1, 0.15) is 22.0 Å². The molecule has 2 aromatic carbocycles. The van der Waals surface area contributed by atoms with Crippen molar-refractivity contribution in [3.63, 3.8) is 0 Å². The minimum Gasteiger partial charge on any atom is -0.378 e. The van der Waals surface area contributed by atoms with Crippen molar-refractivity contribution < 1.29 is 14.3 Å². The average molecular weight is 406 g/mol. The second kappa shape index (κ2) is 9.27. The summed E-state index contributed by atoms with van der Waals surface area (Å²) in [5.41, 5.74) is 2.06. The normalized spacial score (nSPS) is 14.9. The van der Waals surface area contributed by atoms with Crippen LogP contribution in [0.15, 0.2) is 60.9 Å². The predicted molar refractivity (Wildman–Crippen MR) is 109 cm³/mol. The zero-order chi connectivity index (χ0) is 20.8. The lowest BCUT2D eigenvalue weighted by atomic mass is 10.1. The highest BCUT2D eigenvalue weighted by Gasteiger charge is 2.23. The Morgan fingerprint density at radius 1 is 1.07 bits per heavy atom. The molecule has 0 radical (unpaired) electrons. The van der Waals surface area contributed by atoms with E-state index < -0.39 is 6.04 Å². The van der Waals surface area contributed by atoms with Crippen LogP contribution in [0.4, 0.5) is 5.69 Å². The Morgan fingerprint density at radius 3 is 2.60 bits per heavy atom. The maximum Gasteiger partial charge on any atom is 0.254 e. The molecule has 2 heterocycles. The molecule has 1 saturated heterocycles. The van der Waals surface area contributed by atoms with Gasteiger partial charge in [0.15, 0.2) is 0 Å². The number of nitrogens with zero attached hydrogens (tertiary/aromatic N) is 5. The highest BCUT2D eigenvalue weighted by Crippen LogP contribution is 2.18. The molecule has 1 atom stereocenters. The number of morpholine rings is 1. The van der Waals surface area contributed by atoms with Gasteiger partial charge in [0, 0.05) is 30.8 Å². The third-order valence-electron chi connectivity index (χ3n) is 4.93. The van der Waals surface area contributed by atoms with Crippen molar-refractivity contribution in [1.82, 2.24) is 25.1 Å². The molecule has 9 heteroatoms. The fourth-order valence-electron chi connectivity index (χ4n) is 3.36. The maximum atomic E-state index is 13.1. The smallest absolute Gasteiger partial charge is 0.254 e. The van der Waals surface area contributed by atoms with E-state index in [4.69, 9.17) is 4.74 Å². The molecule has 2 amide bonds. The lowest BCUT2D eigenvalue weighted by Crippen LogP contribution is -2.40. The first-order valence-corrected chi connectivity index (χ1v) is 9.75. The number of anilines is 1. The van der Waals surface area contributed by atoms with Crippen LogP contribution in [0, 0.1) is 0 Å². The number of ether oxygens (including phenoxy) is 1. The van der Waals surface area contributed by atoms with Crippen molar-refractivity contribution in [1.29, 1.82) is 0 Å². The van der Waals surface area contributed by atoms with Crippen LogP contribution in [0.25, 0.3) is 0 Å². The van der Waals surface area contributed by atoms with Crippen molar-refractivity contribution >= 4 is 17.5 Å². The molecule has 1 unspecified atom stereocenters. The fraction of sp³-hybridized carbons (Fsp3) is 0.286. The van der Waals surface area contributed by atoms with E-state index in [0.29, 0.717) is 44.0 Å². The summed E-state index contributed by atoms with van der Waals surface area (Å²) in [6.45, 7) is 2.20. The second-order valence-corrected chi connectivity index (χ2v) is 6.97. The molecule has 9 nitrogen and oxygen atoms in total. The summed E-state index contributed by atoms with van der Waals surface area (Å²) in [6.07, 6.45) is 1.86. The largest absolute Gasteiger partial charge is 0.378 e. The van der Waals surface area contributed by atoms with Gasteiger partial charge in [0.2, 0.25) is 5.91 Å². The highest BCUT2D eigenvalue weighted by atomic mass is 16.5. The Bertz CT molecular complexity index is 987. The average Bonchev–Trinajstić information content (AvgIpc) is 3.33. The van der Waals surface area contributed by atoms with E-state index in [1.807, 2.05) is 30.3 Å². The van der Waals surface area contributed by atoms with Gasteiger partial charge in [0.25, 0.3) is 5.91 Å². The van der Waals surface area contributed by atoms with Crippen LogP contribution in [0.3, 0.4) is 0 Å². The Labute approximate surface area is 173 Å². The van der Waals surface area contributed by atoms with E-state index in [1.165, 1.54) is 11.0 Å². The molecule has 30 heavy (non-hydrogen) atoms. The number of benzene rings is 2. The number of hydrogen-bond acceptors (Lipinski definition) is 6. The minimum absolute atomic E-state index is 0.0734. The van der Waals surface area contributed by atoms with Crippen molar-refractivity contribution in [2.24, 2.45) is 0 Å². The van der Waals surface area contributed by atoms with Crippen LogP contribution in [-0.2, 0) is 16.0 Å². The molecule has 1 N–H and O–H groups in total. The summed E-state index contributed by atoms with van der Waals surface area (Å²) in [6, 6.07) is 16.0. The lowest BCUT2D eigenvalue weighted by Gasteiger charge is -2.27. The number of rotatable bonds is 6. The molecule has 0 bridgehead atoms. The molecule has 0 spiro atoms. The van der Waals surface area contributed by atoms with Gasteiger partial charge in [-0.15, -0.1) is 5.10 Å². The van der Waals surface area contributed by atoms with Crippen molar-refractivity contribution in [3.05, 3.63) is 72.1 Å². The molecule has 1 aliphatic rings. The van der Waals surface area contributed by atoms with Gasteiger partial charge in [-0.3, -0.25) is 9.59 Å². The predicted octanol–water partition coefficient (Wildman–Crippen LogP) is 1.57. The standard InChI is InChI=1S/C21H22N6O3/c28-20(19(27-15-22-24-25-27)13-16-5-2-1-3-6-16)23-18-8-4-7-17(14-18)21(29)26-9-11-30-12-10-26/h1-8,14-15,19H,9-13H2,(H,23,28). The monoisotopic (exact) mass is 406 g/mol. The van der Waals surface area contributed by atoms with Crippen molar-refractivity contribution in [2.45, 2.75) is 12.5 Å². The van der Waals surface area contributed by atoms with Gasteiger partial charge in [0.05, 0.1) is 13.2 Å². The first kappa shape index (κ1) is 19.7. The Balaban J connectivity index is 1.50. The Morgan fingerprint density at radius 2 is 1.87 bits per heavy atom. The van der Waals surface area contributed by atoms with Crippen LogP contribution in [-0.4, -0.2) is 63.2 Å². The van der Waals surface area contributed by atoms with E-state index >= 15 is 0 Å². The SMILES string of the molecule is O=C(Nc1cccc(C(=O)N2CCOCC2)c1)C(Cc1ccccc1)n1cnnn1. The topological polar surface area (TPSA) is 102 Å². The number of carbonyl (C=O) groups excluding carboxylic acids is 2. The van der Waals surface area contributed by atoms with Gasteiger partial charge in [0.1, 0.15) is 12.4 Å². The molecule has 4 rings (SSSR count). The van der Waals surface area contributed by atoms with Gasteiger partial charge in [-0.2, -0.15) is 0 Å². The van der Waals surface area contributed by atoms with Gasteiger partial charge >= 0.3 is 0 Å². The quantitative estimate of drug-likeness (QED) is 0.667. The molecule has 1 aromatic heterocycles. The van der Waals surface area contributed by atoms with Gasteiger partial charge in [-0.1, -0.05) is 36.4 Å². The van der Waals surface area contributed by atoms with E-state index in [1.54, 1.807) is 29.2 Å². The molecule has 3 aromatic rings. The van der Waals surface area contributed by atoms with Gasteiger partial charge in [-0.25, -0.2) is 4.68 Å². The summed E-state index contributed by atoms with van der Waals surface area (Å²) in [7, 11) is 0. The zero-order valence-electron chi connectivity index (χ0n) is 16.3. The van der Waals surface area contributed by atoms with E-state index in [0.717, 1.165) is 5.56 Å². The first-order chi connectivity index (χ1) is 14.7. The summed E-state index contributed by atoms with van der Waals surface area (Å²) in [5, 5.41) is 14.1.